The molecule has 0 aliphatic rings. The molecule has 2 aromatic heterocycles. The Kier molecular flexibility index (Phi) is 3.49. The molecule has 0 amide bonds. The topological polar surface area (TPSA) is 102 Å². The number of aromatic nitrogens is 2. The number of benzene rings is 1. The van der Waals surface area contributed by atoms with E-state index in [2.05, 4.69) is 9.97 Å². The Hall–Kier alpha value is -2.54. The zero-order valence-electron chi connectivity index (χ0n) is 10.8. The first-order chi connectivity index (χ1) is 10.2. The Labute approximate surface area is 124 Å². The molecule has 1 aromatic carbocycles. The second-order valence-electron chi connectivity index (χ2n) is 4.25. The number of carboxylic acid groups (broad SMARTS) is 1. The van der Waals surface area contributed by atoms with Gasteiger partial charge in [-0.05, 0) is 6.07 Å². The average Bonchev–Trinajstić information content (AvgIpc) is 2.85. The van der Waals surface area contributed by atoms with Gasteiger partial charge in [0.1, 0.15) is 10.6 Å². The summed E-state index contributed by atoms with van der Waals surface area (Å²) in [7, 11) is 0. The smallest absolute Gasteiger partial charge is 0.372 e. The molecular formula is C14H11N3O3S. The van der Waals surface area contributed by atoms with Gasteiger partial charge in [0.2, 0.25) is 5.76 Å². The van der Waals surface area contributed by atoms with Gasteiger partial charge in [0.25, 0.3) is 0 Å². The molecule has 0 unspecified atom stereocenters. The van der Waals surface area contributed by atoms with Crippen LogP contribution in [0.25, 0.3) is 11.0 Å². The van der Waals surface area contributed by atoms with Crippen LogP contribution in [0.5, 0.6) is 0 Å². The van der Waals surface area contributed by atoms with E-state index in [0.29, 0.717) is 27.7 Å². The molecule has 0 saturated heterocycles. The maximum Gasteiger partial charge on any atom is 0.372 e. The van der Waals surface area contributed by atoms with Crippen LogP contribution < -0.4 is 5.73 Å². The number of carbonyl (C=O) groups is 1. The first-order valence-corrected chi connectivity index (χ1v) is 7.08. The van der Waals surface area contributed by atoms with Gasteiger partial charge in [-0.25, -0.2) is 14.8 Å². The Morgan fingerprint density at radius 1 is 1.29 bits per heavy atom. The van der Waals surface area contributed by atoms with Crippen molar-refractivity contribution in [3.8, 4) is 0 Å². The van der Waals surface area contributed by atoms with Crippen LogP contribution in [0.1, 0.15) is 16.1 Å². The summed E-state index contributed by atoms with van der Waals surface area (Å²) >= 11 is 1.33. The summed E-state index contributed by atoms with van der Waals surface area (Å²) < 4.78 is 5.40. The number of aromatic carboxylic acids is 1. The van der Waals surface area contributed by atoms with Gasteiger partial charge in [-0.15, -0.1) is 0 Å². The minimum atomic E-state index is -1.09. The van der Waals surface area contributed by atoms with Gasteiger partial charge in [0.05, 0.1) is 0 Å². The number of anilines is 1. The highest BCUT2D eigenvalue weighted by Gasteiger charge is 2.20. The lowest BCUT2D eigenvalue weighted by atomic mass is 10.1. The minimum Gasteiger partial charge on any atom is -0.475 e. The summed E-state index contributed by atoms with van der Waals surface area (Å²) in [5.41, 5.74) is 6.91. The van der Waals surface area contributed by atoms with Crippen molar-refractivity contribution < 1.29 is 14.3 Å². The van der Waals surface area contributed by atoms with Gasteiger partial charge in [0, 0.05) is 29.1 Å². The van der Waals surface area contributed by atoms with Crippen molar-refractivity contribution in [2.75, 3.05) is 5.73 Å². The lowest BCUT2D eigenvalue weighted by Gasteiger charge is -2.02. The van der Waals surface area contributed by atoms with Crippen molar-refractivity contribution in [2.24, 2.45) is 0 Å². The summed E-state index contributed by atoms with van der Waals surface area (Å²) in [5, 5.41) is 10.6. The SMILES string of the molecule is Nc1nccnc1SCc1c(C(=O)O)oc2ccccc12. The van der Waals surface area contributed by atoms with Gasteiger partial charge in [0.15, 0.2) is 5.82 Å². The molecule has 0 aliphatic carbocycles. The number of fused-ring (bicyclic) bond motifs is 1. The molecule has 2 heterocycles. The number of para-hydroxylation sites is 1. The lowest BCUT2D eigenvalue weighted by Crippen LogP contribution is -1.99. The number of nitrogens with two attached hydrogens (primary N) is 1. The van der Waals surface area contributed by atoms with Gasteiger partial charge in [-0.1, -0.05) is 30.0 Å². The molecule has 6 nitrogen and oxygen atoms in total. The highest BCUT2D eigenvalue weighted by atomic mass is 32.2. The van der Waals surface area contributed by atoms with Gasteiger partial charge >= 0.3 is 5.97 Å². The fourth-order valence-electron chi connectivity index (χ4n) is 2.00. The maximum atomic E-state index is 11.3. The molecule has 0 saturated carbocycles. The van der Waals surface area contributed by atoms with Crippen molar-refractivity contribution in [3.63, 3.8) is 0 Å². The molecule has 3 N–H and O–H groups in total. The fraction of sp³-hybridized carbons (Fsp3) is 0.0714. The summed E-state index contributed by atoms with van der Waals surface area (Å²) in [6, 6.07) is 7.22. The highest BCUT2D eigenvalue weighted by Crippen LogP contribution is 2.32. The van der Waals surface area contributed by atoms with Crippen molar-refractivity contribution in [2.45, 2.75) is 10.8 Å². The minimum absolute atomic E-state index is 0.0499. The zero-order chi connectivity index (χ0) is 14.8. The molecule has 0 atom stereocenters. The molecule has 3 rings (SSSR count). The van der Waals surface area contributed by atoms with Crippen LogP contribution in [0, 0.1) is 0 Å². The number of hydrogen-bond donors (Lipinski definition) is 2. The third-order valence-corrected chi connectivity index (χ3v) is 3.96. The van der Waals surface area contributed by atoms with E-state index in [0.717, 1.165) is 5.39 Å². The number of hydrogen-bond acceptors (Lipinski definition) is 6. The second kappa shape index (κ2) is 5.45. The standard InChI is InChI=1S/C14H11N3O3S/c15-12-13(17-6-5-16-12)21-7-9-8-3-1-2-4-10(8)20-11(9)14(18)19/h1-6H,7H2,(H2,15,16)(H,18,19). The van der Waals surface area contributed by atoms with E-state index in [9.17, 15) is 9.90 Å². The van der Waals surface area contributed by atoms with E-state index in [-0.39, 0.29) is 5.76 Å². The average molecular weight is 301 g/mol. The largest absolute Gasteiger partial charge is 0.475 e. The van der Waals surface area contributed by atoms with E-state index in [1.807, 2.05) is 12.1 Å². The second-order valence-corrected chi connectivity index (χ2v) is 5.21. The van der Waals surface area contributed by atoms with Crippen molar-refractivity contribution >= 4 is 34.5 Å². The number of nitrogen functional groups attached to an aromatic ring is 1. The first kappa shape index (κ1) is 13.4. The number of rotatable bonds is 4. The van der Waals surface area contributed by atoms with E-state index in [1.165, 1.54) is 18.0 Å². The van der Waals surface area contributed by atoms with Crippen molar-refractivity contribution in [3.05, 3.63) is 48.0 Å². The van der Waals surface area contributed by atoms with E-state index >= 15 is 0 Å². The third-order valence-electron chi connectivity index (χ3n) is 2.94. The van der Waals surface area contributed by atoms with Gasteiger partial charge < -0.3 is 15.3 Å². The number of carboxylic acids is 1. The Bertz CT molecular complexity index is 816. The van der Waals surface area contributed by atoms with E-state index in [1.54, 1.807) is 18.3 Å². The lowest BCUT2D eigenvalue weighted by molar-refractivity contribution is 0.0664. The zero-order valence-corrected chi connectivity index (χ0v) is 11.6. The molecule has 7 heteroatoms. The summed E-state index contributed by atoms with van der Waals surface area (Å²) in [6.07, 6.45) is 3.06. The molecular weight excluding hydrogens is 290 g/mol. The third kappa shape index (κ3) is 2.55. The molecule has 0 spiro atoms. The Morgan fingerprint density at radius 2 is 2.05 bits per heavy atom. The maximum absolute atomic E-state index is 11.3. The number of furan rings is 1. The normalized spacial score (nSPS) is 10.9. The van der Waals surface area contributed by atoms with Crippen molar-refractivity contribution in [1.82, 2.24) is 9.97 Å². The Morgan fingerprint density at radius 3 is 2.81 bits per heavy atom. The van der Waals surface area contributed by atoms with Crippen LogP contribution in [0.15, 0.2) is 46.1 Å². The highest BCUT2D eigenvalue weighted by molar-refractivity contribution is 7.98. The molecule has 0 radical (unpaired) electrons. The van der Waals surface area contributed by atoms with Gasteiger partial charge in [-0.2, -0.15) is 0 Å². The van der Waals surface area contributed by atoms with Crippen LogP contribution in [0.3, 0.4) is 0 Å². The molecule has 3 aromatic rings. The fourth-order valence-corrected chi connectivity index (χ4v) is 2.91. The van der Waals surface area contributed by atoms with Crippen LogP contribution in [0.2, 0.25) is 0 Å². The predicted molar refractivity (Wildman–Crippen MR) is 79.2 cm³/mol. The van der Waals surface area contributed by atoms with Crippen LogP contribution in [0.4, 0.5) is 5.82 Å². The molecule has 0 fully saturated rings. The van der Waals surface area contributed by atoms with Crippen LogP contribution in [-0.2, 0) is 5.75 Å². The van der Waals surface area contributed by atoms with Crippen molar-refractivity contribution in [1.29, 1.82) is 0 Å². The molecule has 0 aliphatic heterocycles. The van der Waals surface area contributed by atoms with Crippen LogP contribution >= 0.6 is 11.8 Å². The van der Waals surface area contributed by atoms with E-state index < -0.39 is 5.97 Å². The Balaban J connectivity index is 1.98. The predicted octanol–water partition coefficient (Wildman–Crippen LogP) is 2.80. The van der Waals surface area contributed by atoms with Gasteiger partial charge in [-0.3, -0.25) is 0 Å². The summed E-state index contributed by atoms with van der Waals surface area (Å²) in [4.78, 5) is 19.4. The van der Waals surface area contributed by atoms with E-state index in [4.69, 9.17) is 10.2 Å². The monoisotopic (exact) mass is 301 g/mol. The first-order valence-electron chi connectivity index (χ1n) is 6.10. The number of thioether (sulfide) groups is 1. The molecule has 0 bridgehead atoms. The molecule has 21 heavy (non-hydrogen) atoms. The molecule has 106 valence electrons. The summed E-state index contributed by atoms with van der Waals surface area (Å²) in [5.74, 6) is -0.422. The quantitative estimate of drug-likeness (QED) is 0.714. The van der Waals surface area contributed by atoms with Crippen LogP contribution in [-0.4, -0.2) is 21.0 Å². The summed E-state index contributed by atoms with van der Waals surface area (Å²) in [6.45, 7) is 0. The number of nitrogens with zero attached hydrogens (tertiary/aromatic N) is 2.